The fourth-order valence-corrected chi connectivity index (χ4v) is 1.93. The molecule has 1 aromatic heterocycles. The van der Waals surface area contributed by atoms with Crippen molar-refractivity contribution in [1.29, 1.82) is 0 Å². The lowest BCUT2D eigenvalue weighted by molar-refractivity contribution is -0.135. The summed E-state index contributed by atoms with van der Waals surface area (Å²) in [7, 11) is 1.75. The van der Waals surface area contributed by atoms with Gasteiger partial charge in [-0.3, -0.25) is 14.6 Å². The maximum absolute atomic E-state index is 12.0. The standard InChI is InChI=1S/C12H15N3O2/c1-15(8-9-3-2-4-13-6-9)12(17)10-5-11(16)14-7-10/h2-4,6,10H,5,7-8H2,1H3,(H,14,16). The third-order valence-electron chi connectivity index (χ3n) is 2.85. The summed E-state index contributed by atoms with van der Waals surface area (Å²) in [6.07, 6.45) is 3.74. The second kappa shape index (κ2) is 4.95. The third kappa shape index (κ3) is 2.81. The van der Waals surface area contributed by atoms with E-state index in [4.69, 9.17) is 0 Å². The maximum atomic E-state index is 12.0. The van der Waals surface area contributed by atoms with Gasteiger partial charge in [-0.1, -0.05) is 6.07 Å². The Kier molecular flexibility index (Phi) is 3.37. The van der Waals surface area contributed by atoms with E-state index in [2.05, 4.69) is 10.3 Å². The first-order chi connectivity index (χ1) is 8.16. The molecule has 0 aliphatic carbocycles. The molecule has 1 aliphatic heterocycles. The van der Waals surface area contributed by atoms with E-state index in [0.717, 1.165) is 5.56 Å². The Labute approximate surface area is 99.8 Å². The molecule has 0 bridgehead atoms. The van der Waals surface area contributed by atoms with Crippen LogP contribution < -0.4 is 5.32 Å². The van der Waals surface area contributed by atoms with Gasteiger partial charge in [0.2, 0.25) is 11.8 Å². The van der Waals surface area contributed by atoms with Crippen LogP contribution in [0.25, 0.3) is 0 Å². The molecule has 1 fully saturated rings. The van der Waals surface area contributed by atoms with Crippen molar-refractivity contribution in [2.45, 2.75) is 13.0 Å². The molecule has 1 atom stereocenters. The Balaban J connectivity index is 1.94. The molecule has 1 aliphatic rings. The van der Waals surface area contributed by atoms with Gasteiger partial charge in [-0.15, -0.1) is 0 Å². The van der Waals surface area contributed by atoms with Gasteiger partial charge in [-0.05, 0) is 11.6 Å². The van der Waals surface area contributed by atoms with Gasteiger partial charge in [0, 0.05) is 39.0 Å². The maximum Gasteiger partial charge on any atom is 0.228 e. The molecule has 1 aromatic rings. The van der Waals surface area contributed by atoms with Crippen molar-refractivity contribution in [3.05, 3.63) is 30.1 Å². The van der Waals surface area contributed by atoms with Crippen LogP contribution in [0.15, 0.2) is 24.5 Å². The highest BCUT2D eigenvalue weighted by Crippen LogP contribution is 2.13. The number of hydrogen-bond acceptors (Lipinski definition) is 3. The lowest BCUT2D eigenvalue weighted by Gasteiger charge is -2.20. The van der Waals surface area contributed by atoms with Gasteiger partial charge in [0.1, 0.15) is 0 Å². The number of nitrogens with one attached hydrogen (secondary N) is 1. The topological polar surface area (TPSA) is 62.3 Å². The van der Waals surface area contributed by atoms with Crippen LogP contribution in [0.2, 0.25) is 0 Å². The van der Waals surface area contributed by atoms with Crippen molar-refractivity contribution in [3.8, 4) is 0 Å². The van der Waals surface area contributed by atoms with Crippen LogP contribution in [0.5, 0.6) is 0 Å². The highest BCUT2D eigenvalue weighted by atomic mass is 16.2. The van der Waals surface area contributed by atoms with Crippen molar-refractivity contribution in [2.75, 3.05) is 13.6 Å². The van der Waals surface area contributed by atoms with E-state index in [0.29, 0.717) is 19.5 Å². The number of aromatic nitrogens is 1. The molecule has 1 unspecified atom stereocenters. The summed E-state index contributed by atoms with van der Waals surface area (Å²) in [6.45, 7) is 0.979. The first kappa shape index (κ1) is 11.6. The predicted molar refractivity (Wildman–Crippen MR) is 61.8 cm³/mol. The molecule has 17 heavy (non-hydrogen) atoms. The number of carbonyl (C=O) groups excluding carboxylic acids is 2. The van der Waals surface area contributed by atoms with Crippen molar-refractivity contribution in [2.24, 2.45) is 5.92 Å². The third-order valence-corrected chi connectivity index (χ3v) is 2.85. The Bertz CT molecular complexity index is 419. The van der Waals surface area contributed by atoms with E-state index in [-0.39, 0.29) is 17.7 Å². The van der Waals surface area contributed by atoms with Crippen LogP contribution >= 0.6 is 0 Å². The van der Waals surface area contributed by atoms with Gasteiger partial charge >= 0.3 is 0 Å². The van der Waals surface area contributed by atoms with Crippen LogP contribution in [0.1, 0.15) is 12.0 Å². The second-order valence-electron chi connectivity index (χ2n) is 4.26. The van der Waals surface area contributed by atoms with E-state index < -0.39 is 0 Å². The highest BCUT2D eigenvalue weighted by molar-refractivity contribution is 5.89. The molecular formula is C12H15N3O2. The SMILES string of the molecule is CN(Cc1cccnc1)C(=O)C1CNC(=O)C1. The van der Waals surface area contributed by atoms with Gasteiger partial charge in [0.15, 0.2) is 0 Å². The number of amides is 2. The molecule has 0 saturated carbocycles. The fraction of sp³-hybridized carbons (Fsp3) is 0.417. The minimum atomic E-state index is -0.218. The molecule has 1 saturated heterocycles. The molecule has 1 N–H and O–H groups in total. The average Bonchev–Trinajstić information content (AvgIpc) is 2.76. The monoisotopic (exact) mass is 233 g/mol. The van der Waals surface area contributed by atoms with E-state index in [1.165, 1.54) is 0 Å². The van der Waals surface area contributed by atoms with E-state index in [9.17, 15) is 9.59 Å². The zero-order valence-corrected chi connectivity index (χ0v) is 9.72. The summed E-state index contributed by atoms with van der Waals surface area (Å²) >= 11 is 0. The molecule has 0 spiro atoms. The minimum Gasteiger partial charge on any atom is -0.355 e. The normalized spacial score (nSPS) is 18.9. The minimum absolute atomic E-state index is 0.00667. The summed E-state index contributed by atoms with van der Waals surface area (Å²) in [6, 6.07) is 3.77. The summed E-state index contributed by atoms with van der Waals surface area (Å²) in [5.74, 6) is -0.255. The van der Waals surface area contributed by atoms with Gasteiger partial charge < -0.3 is 10.2 Å². The van der Waals surface area contributed by atoms with Crippen molar-refractivity contribution < 1.29 is 9.59 Å². The Hall–Kier alpha value is -1.91. The smallest absolute Gasteiger partial charge is 0.228 e. The molecule has 5 nitrogen and oxygen atoms in total. The number of rotatable bonds is 3. The van der Waals surface area contributed by atoms with Crippen molar-refractivity contribution in [1.82, 2.24) is 15.2 Å². The number of carbonyl (C=O) groups is 2. The van der Waals surface area contributed by atoms with Crippen molar-refractivity contribution in [3.63, 3.8) is 0 Å². The summed E-state index contributed by atoms with van der Waals surface area (Å²) < 4.78 is 0. The zero-order chi connectivity index (χ0) is 12.3. The van der Waals surface area contributed by atoms with Gasteiger partial charge in [0.05, 0.1) is 5.92 Å². The Morgan fingerprint density at radius 3 is 3.06 bits per heavy atom. The average molecular weight is 233 g/mol. The summed E-state index contributed by atoms with van der Waals surface area (Å²) in [5.41, 5.74) is 0.987. The lowest BCUT2D eigenvalue weighted by Crippen LogP contribution is -2.33. The summed E-state index contributed by atoms with van der Waals surface area (Å²) in [4.78, 5) is 28.7. The quantitative estimate of drug-likeness (QED) is 0.810. The van der Waals surface area contributed by atoms with Crippen molar-refractivity contribution >= 4 is 11.8 Å². The van der Waals surface area contributed by atoms with Crippen LogP contribution in [0, 0.1) is 5.92 Å². The molecule has 90 valence electrons. The first-order valence-corrected chi connectivity index (χ1v) is 5.57. The molecule has 2 heterocycles. The first-order valence-electron chi connectivity index (χ1n) is 5.57. The Morgan fingerprint density at radius 2 is 2.47 bits per heavy atom. The van der Waals surface area contributed by atoms with Gasteiger partial charge in [0.25, 0.3) is 0 Å². The molecule has 5 heteroatoms. The summed E-state index contributed by atoms with van der Waals surface area (Å²) in [5, 5.41) is 2.67. The molecule has 2 amide bonds. The number of hydrogen-bond donors (Lipinski definition) is 1. The van der Waals surface area contributed by atoms with Gasteiger partial charge in [-0.2, -0.15) is 0 Å². The number of nitrogens with zero attached hydrogens (tertiary/aromatic N) is 2. The molecular weight excluding hydrogens is 218 g/mol. The second-order valence-corrected chi connectivity index (χ2v) is 4.26. The predicted octanol–water partition coefficient (Wildman–Crippen LogP) is 0.176. The Morgan fingerprint density at radius 1 is 1.65 bits per heavy atom. The van der Waals surface area contributed by atoms with Gasteiger partial charge in [-0.25, -0.2) is 0 Å². The molecule has 2 rings (SSSR count). The van der Waals surface area contributed by atoms with Crippen LogP contribution in [0.4, 0.5) is 0 Å². The van der Waals surface area contributed by atoms with Crippen LogP contribution in [-0.2, 0) is 16.1 Å². The lowest BCUT2D eigenvalue weighted by atomic mass is 10.1. The molecule has 0 aromatic carbocycles. The number of pyridine rings is 1. The zero-order valence-electron chi connectivity index (χ0n) is 9.72. The van der Waals surface area contributed by atoms with E-state index >= 15 is 0 Å². The van der Waals surface area contributed by atoms with Crippen LogP contribution in [-0.4, -0.2) is 35.3 Å². The molecule has 0 radical (unpaired) electrons. The fourth-order valence-electron chi connectivity index (χ4n) is 1.93. The highest BCUT2D eigenvalue weighted by Gasteiger charge is 2.29. The van der Waals surface area contributed by atoms with Crippen LogP contribution in [0.3, 0.4) is 0 Å². The largest absolute Gasteiger partial charge is 0.355 e. The van der Waals surface area contributed by atoms with E-state index in [1.807, 2.05) is 12.1 Å². The van der Waals surface area contributed by atoms with E-state index in [1.54, 1.807) is 24.3 Å².